The van der Waals surface area contributed by atoms with Gasteiger partial charge >= 0.3 is 0 Å². The van der Waals surface area contributed by atoms with Crippen LogP contribution in [0.15, 0.2) is 83.6 Å². The number of benzene rings is 2. The van der Waals surface area contributed by atoms with Crippen molar-refractivity contribution in [3.05, 3.63) is 95.5 Å². The molecule has 9 heteroatoms. The predicted molar refractivity (Wildman–Crippen MR) is 137 cm³/mol. The second-order valence-corrected chi connectivity index (χ2v) is 10.1. The molecule has 0 amide bonds. The number of Topliss-reactive ketones (excluding diaryl/α,β-unsaturated/α-hetero) is 1. The number of aromatic nitrogens is 1. The lowest BCUT2D eigenvalue weighted by atomic mass is 9.95. The summed E-state index contributed by atoms with van der Waals surface area (Å²) in [4.78, 5) is 18.6. The van der Waals surface area contributed by atoms with E-state index >= 15 is 0 Å². The molecule has 2 N–H and O–H groups in total. The maximum Gasteiger partial charge on any atom is 0.238 e. The van der Waals surface area contributed by atoms with Crippen LogP contribution >= 0.6 is 11.3 Å². The lowest BCUT2D eigenvalue weighted by Gasteiger charge is -2.17. The smallest absolute Gasteiger partial charge is 0.238 e. The minimum Gasteiger partial charge on any atom is -0.496 e. The largest absolute Gasteiger partial charge is 0.496 e. The Hall–Kier alpha value is -3.79. The zero-order valence-corrected chi connectivity index (χ0v) is 20.7. The van der Waals surface area contributed by atoms with E-state index in [0.29, 0.717) is 22.9 Å². The van der Waals surface area contributed by atoms with E-state index in [1.807, 2.05) is 36.6 Å². The van der Waals surface area contributed by atoms with Gasteiger partial charge in [0.2, 0.25) is 15.9 Å². The minimum atomic E-state index is -3.87. The molecule has 0 spiro atoms. The zero-order chi connectivity index (χ0) is 25.2. The zero-order valence-electron chi connectivity index (χ0n) is 19.0. The Kier molecular flexibility index (Phi) is 6.83. The van der Waals surface area contributed by atoms with Gasteiger partial charge in [-0.1, -0.05) is 18.7 Å². The highest BCUT2D eigenvalue weighted by Gasteiger charge is 2.22. The van der Waals surface area contributed by atoms with Crippen molar-refractivity contribution >= 4 is 32.7 Å². The van der Waals surface area contributed by atoms with Crippen LogP contribution in [0.25, 0.3) is 16.0 Å². The summed E-state index contributed by atoms with van der Waals surface area (Å²) in [5.74, 6) is 0.876. The summed E-state index contributed by atoms with van der Waals surface area (Å²) in [5, 5.41) is 7.11. The highest BCUT2D eigenvalue weighted by Crippen LogP contribution is 2.42. The average molecular weight is 507 g/mol. The van der Waals surface area contributed by atoms with Gasteiger partial charge in [-0.15, -0.1) is 11.3 Å². The molecule has 2 heterocycles. The predicted octanol–water partition coefficient (Wildman–Crippen LogP) is 5.46. The molecule has 0 aliphatic carbocycles. The number of methoxy groups -OCH3 is 1. The molecule has 2 aromatic heterocycles. The fraction of sp³-hybridized carbons (Fsp3) is 0.0769. The summed E-state index contributed by atoms with van der Waals surface area (Å²) in [6.45, 7) is 5.89. The van der Waals surface area contributed by atoms with E-state index in [2.05, 4.69) is 11.6 Å². The second-order valence-electron chi connectivity index (χ2n) is 7.62. The van der Waals surface area contributed by atoms with Crippen molar-refractivity contribution in [3.63, 3.8) is 0 Å². The van der Waals surface area contributed by atoms with Crippen LogP contribution in [0.5, 0.6) is 17.4 Å². The number of hydrogen-bond acceptors (Lipinski definition) is 7. The average Bonchev–Trinajstić information content (AvgIpc) is 3.37. The molecule has 0 atom stereocenters. The van der Waals surface area contributed by atoms with Gasteiger partial charge in [-0.2, -0.15) is 0 Å². The number of ketones is 1. The Labute approximate surface area is 207 Å². The van der Waals surface area contributed by atoms with Crippen LogP contribution in [-0.2, 0) is 10.0 Å². The highest BCUT2D eigenvalue weighted by molar-refractivity contribution is 7.89. The molecule has 0 radical (unpaired) electrons. The van der Waals surface area contributed by atoms with Gasteiger partial charge in [0.15, 0.2) is 5.78 Å². The first kappa shape index (κ1) is 24.3. The number of aryl methyl sites for hydroxylation is 1. The van der Waals surface area contributed by atoms with E-state index in [0.717, 1.165) is 16.1 Å². The van der Waals surface area contributed by atoms with E-state index in [-0.39, 0.29) is 16.0 Å². The third-order valence-corrected chi connectivity index (χ3v) is 7.04. The first-order chi connectivity index (χ1) is 16.7. The third kappa shape index (κ3) is 5.32. The standard InChI is InChI=1S/C26H22N2O5S2/c1-16-6-4-8-25(28-16)33-23-15-22(32-3)21(24-7-5-13-34-24)14-20(23)17(2)26(29)18-9-11-19(12-10-18)35(27,30)31/h4-15H,2H2,1,3H3,(H2,27,30,31). The topological polar surface area (TPSA) is 109 Å². The molecule has 2 aromatic carbocycles. The fourth-order valence-corrected chi connectivity index (χ4v) is 4.72. The Morgan fingerprint density at radius 3 is 2.37 bits per heavy atom. The first-order valence-electron chi connectivity index (χ1n) is 10.4. The normalized spacial score (nSPS) is 11.2. The Morgan fingerprint density at radius 1 is 1.03 bits per heavy atom. The summed E-state index contributed by atoms with van der Waals surface area (Å²) in [6, 6.07) is 18.1. The van der Waals surface area contributed by atoms with Gasteiger partial charge in [-0.05, 0) is 54.8 Å². The second kappa shape index (κ2) is 9.83. The molecule has 178 valence electrons. The molecule has 35 heavy (non-hydrogen) atoms. The molecule has 0 aliphatic heterocycles. The van der Waals surface area contributed by atoms with E-state index in [1.165, 1.54) is 35.6 Å². The lowest BCUT2D eigenvalue weighted by molar-refractivity contribution is 0.105. The van der Waals surface area contributed by atoms with Crippen LogP contribution in [0.2, 0.25) is 0 Å². The lowest BCUT2D eigenvalue weighted by Crippen LogP contribution is -2.12. The van der Waals surface area contributed by atoms with Crippen molar-refractivity contribution in [3.8, 4) is 27.8 Å². The molecule has 0 fully saturated rings. The quantitative estimate of drug-likeness (QED) is 0.251. The van der Waals surface area contributed by atoms with Gasteiger partial charge in [0.05, 0.1) is 12.0 Å². The van der Waals surface area contributed by atoms with Gasteiger partial charge in [-0.25, -0.2) is 18.5 Å². The SMILES string of the molecule is C=C(C(=O)c1ccc(S(N)(=O)=O)cc1)c1cc(-c2cccs2)c(OC)cc1Oc1cccc(C)n1. The highest BCUT2D eigenvalue weighted by atomic mass is 32.2. The van der Waals surface area contributed by atoms with E-state index in [4.69, 9.17) is 14.6 Å². The van der Waals surface area contributed by atoms with Crippen LogP contribution in [0.4, 0.5) is 0 Å². The van der Waals surface area contributed by atoms with Crippen molar-refractivity contribution in [2.75, 3.05) is 7.11 Å². The summed E-state index contributed by atoms with van der Waals surface area (Å²) < 4.78 is 34.8. The Balaban J connectivity index is 1.80. The van der Waals surface area contributed by atoms with Crippen molar-refractivity contribution in [1.29, 1.82) is 0 Å². The molecule has 4 rings (SSSR count). The number of carbonyl (C=O) groups excluding carboxylic acids is 1. The van der Waals surface area contributed by atoms with Crippen LogP contribution in [-0.4, -0.2) is 26.3 Å². The molecule has 0 bridgehead atoms. The molecular formula is C26H22N2O5S2. The molecule has 7 nitrogen and oxygen atoms in total. The van der Waals surface area contributed by atoms with Crippen LogP contribution in [0, 0.1) is 6.92 Å². The number of pyridine rings is 1. The summed E-state index contributed by atoms with van der Waals surface area (Å²) in [6.07, 6.45) is 0. The molecule has 0 saturated heterocycles. The Bertz CT molecular complexity index is 1510. The van der Waals surface area contributed by atoms with Crippen molar-refractivity contribution in [1.82, 2.24) is 4.98 Å². The van der Waals surface area contributed by atoms with Gasteiger partial charge in [0.25, 0.3) is 0 Å². The number of primary sulfonamides is 1. The monoisotopic (exact) mass is 506 g/mol. The maximum absolute atomic E-state index is 13.3. The van der Waals surface area contributed by atoms with Crippen LogP contribution in [0.3, 0.4) is 0 Å². The third-order valence-electron chi connectivity index (χ3n) is 5.21. The number of sulfonamides is 1. The summed E-state index contributed by atoms with van der Waals surface area (Å²) in [7, 11) is -2.31. The number of carbonyl (C=O) groups is 1. The van der Waals surface area contributed by atoms with Crippen LogP contribution in [0.1, 0.15) is 21.6 Å². The van der Waals surface area contributed by atoms with Crippen molar-refractivity contribution in [2.45, 2.75) is 11.8 Å². The number of nitrogens with two attached hydrogens (primary N) is 1. The molecule has 0 unspecified atom stereocenters. The number of rotatable bonds is 8. The maximum atomic E-state index is 13.3. The van der Waals surface area contributed by atoms with Gasteiger partial charge in [-0.3, -0.25) is 4.79 Å². The van der Waals surface area contributed by atoms with Gasteiger partial charge in [0, 0.05) is 45.0 Å². The number of ether oxygens (including phenoxy) is 2. The molecular weight excluding hydrogens is 484 g/mol. The molecule has 0 aliphatic rings. The number of hydrogen-bond donors (Lipinski definition) is 1. The van der Waals surface area contributed by atoms with Crippen LogP contribution < -0.4 is 14.6 Å². The summed E-state index contributed by atoms with van der Waals surface area (Å²) >= 11 is 1.53. The van der Waals surface area contributed by atoms with E-state index in [1.54, 1.807) is 25.3 Å². The first-order valence-corrected chi connectivity index (χ1v) is 12.8. The minimum absolute atomic E-state index is 0.0846. The fourth-order valence-electron chi connectivity index (χ4n) is 3.45. The Morgan fingerprint density at radius 2 is 1.77 bits per heavy atom. The van der Waals surface area contributed by atoms with Crippen molar-refractivity contribution < 1.29 is 22.7 Å². The van der Waals surface area contributed by atoms with Crippen molar-refractivity contribution in [2.24, 2.45) is 5.14 Å². The number of allylic oxidation sites excluding steroid dienone is 1. The summed E-state index contributed by atoms with van der Waals surface area (Å²) in [5.41, 5.74) is 2.43. The molecule has 0 saturated carbocycles. The van der Waals surface area contributed by atoms with Gasteiger partial charge < -0.3 is 9.47 Å². The van der Waals surface area contributed by atoms with Gasteiger partial charge in [0.1, 0.15) is 11.5 Å². The number of nitrogens with zero attached hydrogens (tertiary/aromatic N) is 1. The molecule has 4 aromatic rings. The van der Waals surface area contributed by atoms with E-state index in [9.17, 15) is 13.2 Å². The van der Waals surface area contributed by atoms with E-state index < -0.39 is 15.8 Å². The number of thiophene rings is 1.